The Kier molecular flexibility index (Phi) is 5.51. The summed E-state index contributed by atoms with van der Waals surface area (Å²) in [6, 6.07) is 12.3. The van der Waals surface area contributed by atoms with Gasteiger partial charge < -0.3 is 0 Å². The zero-order valence-corrected chi connectivity index (χ0v) is 11.6. The van der Waals surface area contributed by atoms with E-state index in [4.69, 9.17) is 5.26 Å². The topological polar surface area (TPSA) is 41.6 Å². The first-order valence-corrected chi connectivity index (χ1v) is 7.59. The average Bonchev–Trinajstić information content (AvgIpc) is 2.92. The lowest BCUT2D eigenvalue weighted by Gasteiger charge is -1.99. The molecule has 0 saturated carbocycles. The summed E-state index contributed by atoms with van der Waals surface area (Å²) in [6.45, 7) is 0. The summed E-state index contributed by atoms with van der Waals surface area (Å²) in [5.74, 6) is 2.09. The lowest BCUT2D eigenvalue weighted by molar-refractivity contribution is 0.830. The largest absolute Gasteiger partial charge is 0.241 e. The summed E-state index contributed by atoms with van der Waals surface area (Å²) in [5.41, 5.74) is 2.34. The standard InChI is InChI=1S/C15H17N3S/c16-9-5-2-6-10-19-13-14-11-17-18(12-14)15-7-3-1-4-8-15/h1,3-4,7-8,11-12H,2,5-6,10,13H2. The number of hydrogen-bond donors (Lipinski definition) is 0. The molecule has 0 amide bonds. The Morgan fingerprint density at radius 2 is 2.05 bits per heavy atom. The molecule has 19 heavy (non-hydrogen) atoms. The van der Waals surface area contributed by atoms with Crippen LogP contribution < -0.4 is 0 Å². The van der Waals surface area contributed by atoms with Gasteiger partial charge in [0.15, 0.2) is 0 Å². The molecule has 0 aliphatic heterocycles. The minimum atomic E-state index is 0.673. The highest BCUT2D eigenvalue weighted by Gasteiger charge is 2.00. The second-order valence-electron chi connectivity index (χ2n) is 4.30. The SMILES string of the molecule is N#CCCCCSCc1cnn(-c2ccccc2)c1. The van der Waals surface area contributed by atoms with Crippen molar-refractivity contribution in [3.05, 3.63) is 48.3 Å². The third-order valence-corrected chi connectivity index (χ3v) is 3.87. The maximum absolute atomic E-state index is 8.44. The first kappa shape index (κ1) is 13.7. The summed E-state index contributed by atoms with van der Waals surface area (Å²) in [6.07, 6.45) is 6.80. The number of rotatable bonds is 7. The van der Waals surface area contributed by atoms with Crippen molar-refractivity contribution >= 4 is 11.8 Å². The van der Waals surface area contributed by atoms with E-state index in [9.17, 15) is 0 Å². The number of nitrogens with zero attached hydrogens (tertiary/aromatic N) is 3. The van der Waals surface area contributed by atoms with Gasteiger partial charge in [0, 0.05) is 23.9 Å². The molecule has 0 N–H and O–H groups in total. The fraction of sp³-hybridized carbons (Fsp3) is 0.333. The second kappa shape index (κ2) is 7.65. The molecule has 0 unspecified atom stereocenters. The monoisotopic (exact) mass is 271 g/mol. The second-order valence-corrected chi connectivity index (χ2v) is 5.40. The smallest absolute Gasteiger partial charge is 0.0645 e. The van der Waals surface area contributed by atoms with Crippen molar-refractivity contribution in [1.29, 1.82) is 5.26 Å². The van der Waals surface area contributed by atoms with Gasteiger partial charge in [-0.2, -0.15) is 22.1 Å². The van der Waals surface area contributed by atoms with Crippen LogP contribution in [0.4, 0.5) is 0 Å². The normalized spacial score (nSPS) is 10.3. The van der Waals surface area contributed by atoms with Gasteiger partial charge in [-0.25, -0.2) is 4.68 Å². The lowest BCUT2D eigenvalue weighted by Crippen LogP contribution is -1.92. The number of thioether (sulfide) groups is 1. The molecule has 4 heteroatoms. The molecule has 2 aromatic rings. The van der Waals surface area contributed by atoms with Gasteiger partial charge in [-0.1, -0.05) is 18.2 Å². The van der Waals surface area contributed by atoms with Crippen molar-refractivity contribution in [1.82, 2.24) is 9.78 Å². The number of aromatic nitrogens is 2. The third-order valence-electron chi connectivity index (χ3n) is 2.75. The van der Waals surface area contributed by atoms with Gasteiger partial charge in [-0.15, -0.1) is 0 Å². The Balaban J connectivity index is 1.77. The first-order valence-electron chi connectivity index (χ1n) is 6.44. The molecule has 0 aliphatic rings. The van der Waals surface area contributed by atoms with Crippen molar-refractivity contribution in [2.75, 3.05) is 5.75 Å². The molecule has 0 atom stereocenters. The van der Waals surface area contributed by atoms with E-state index < -0.39 is 0 Å². The van der Waals surface area contributed by atoms with E-state index >= 15 is 0 Å². The van der Waals surface area contributed by atoms with Gasteiger partial charge in [0.25, 0.3) is 0 Å². The van der Waals surface area contributed by atoms with Crippen LogP contribution in [0.1, 0.15) is 24.8 Å². The van der Waals surface area contributed by atoms with E-state index in [1.54, 1.807) is 0 Å². The summed E-state index contributed by atoms with van der Waals surface area (Å²) < 4.78 is 1.91. The molecule has 1 heterocycles. The lowest BCUT2D eigenvalue weighted by atomic mass is 10.3. The number of unbranched alkanes of at least 4 members (excludes halogenated alkanes) is 2. The molecule has 98 valence electrons. The molecule has 1 aromatic carbocycles. The maximum atomic E-state index is 8.44. The highest BCUT2D eigenvalue weighted by Crippen LogP contribution is 2.15. The van der Waals surface area contributed by atoms with Crippen LogP contribution in [0.25, 0.3) is 5.69 Å². The summed E-state index contributed by atoms with van der Waals surface area (Å²) >= 11 is 1.90. The Labute approximate surface area is 118 Å². The zero-order valence-electron chi connectivity index (χ0n) is 10.8. The average molecular weight is 271 g/mol. The van der Waals surface area contributed by atoms with E-state index in [1.807, 2.05) is 53.0 Å². The van der Waals surface area contributed by atoms with E-state index in [2.05, 4.69) is 17.4 Å². The third kappa shape index (κ3) is 4.46. The molecule has 1 aromatic heterocycles. The molecule has 3 nitrogen and oxygen atoms in total. The van der Waals surface area contributed by atoms with Gasteiger partial charge in [-0.3, -0.25) is 0 Å². The number of nitriles is 1. The predicted molar refractivity (Wildman–Crippen MR) is 79.2 cm³/mol. The Morgan fingerprint density at radius 3 is 2.84 bits per heavy atom. The van der Waals surface area contributed by atoms with E-state index in [0.29, 0.717) is 6.42 Å². The molecule has 2 rings (SSSR count). The van der Waals surface area contributed by atoms with E-state index in [0.717, 1.165) is 30.0 Å². The Morgan fingerprint density at radius 1 is 1.21 bits per heavy atom. The van der Waals surface area contributed by atoms with Gasteiger partial charge in [0.1, 0.15) is 0 Å². The Bertz CT molecular complexity index is 528. The van der Waals surface area contributed by atoms with E-state index in [-0.39, 0.29) is 0 Å². The maximum Gasteiger partial charge on any atom is 0.0645 e. The van der Waals surface area contributed by atoms with E-state index in [1.165, 1.54) is 5.56 Å². The van der Waals surface area contributed by atoms with Crippen molar-refractivity contribution in [3.63, 3.8) is 0 Å². The zero-order chi connectivity index (χ0) is 13.3. The summed E-state index contributed by atoms with van der Waals surface area (Å²) in [4.78, 5) is 0. The van der Waals surface area contributed by atoms with Crippen molar-refractivity contribution in [2.24, 2.45) is 0 Å². The van der Waals surface area contributed by atoms with Gasteiger partial charge >= 0.3 is 0 Å². The molecule has 0 fully saturated rings. The van der Waals surface area contributed by atoms with Crippen LogP contribution >= 0.6 is 11.8 Å². The first-order chi connectivity index (χ1) is 9.40. The number of benzene rings is 1. The van der Waals surface area contributed by atoms with Crippen molar-refractivity contribution < 1.29 is 0 Å². The molecular formula is C15H17N3S. The van der Waals surface area contributed by atoms with Crippen LogP contribution in [-0.4, -0.2) is 15.5 Å². The molecule has 0 aliphatic carbocycles. The quantitative estimate of drug-likeness (QED) is 0.719. The highest BCUT2D eigenvalue weighted by atomic mass is 32.2. The van der Waals surface area contributed by atoms with Gasteiger partial charge in [0.05, 0.1) is 18.0 Å². The van der Waals surface area contributed by atoms with Gasteiger partial charge in [-0.05, 0) is 30.7 Å². The van der Waals surface area contributed by atoms with Crippen LogP contribution in [0.5, 0.6) is 0 Å². The van der Waals surface area contributed by atoms with Crippen LogP contribution in [0, 0.1) is 11.3 Å². The fourth-order valence-electron chi connectivity index (χ4n) is 1.75. The van der Waals surface area contributed by atoms with Crippen molar-refractivity contribution in [2.45, 2.75) is 25.0 Å². The van der Waals surface area contributed by atoms with Crippen LogP contribution in [0.3, 0.4) is 0 Å². The minimum absolute atomic E-state index is 0.673. The van der Waals surface area contributed by atoms with Crippen molar-refractivity contribution in [3.8, 4) is 11.8 Å². The molecule has 0 bridgehead atoms. The number of hydrogen-bond acceptors (Lipinski definition) is 3. The fourth-order valence-corrected chi connectivity index (χ4v) is 2.69. The van der Waals surface area contributed by atoms with Crippen LogP contribution in [0.15, 0.2) is 42.7 Å². The summed E-state index contributed by atoms with van der Waals surface area (Å²) in [5, 5.41) is 12.8. The molecule has 0 saturated heterocycles. The number of para-hydroxylation sites is 1. The van der Waals surface area contributed by atoms with Gasteiger partial charge in [0.2, 0.25) is 0 Å². The molecular weight excluding hydrogens is 254 g/mol. The van der Waals surface area contributed by atoms with Crippen LogP contribution in [0.2, 0.25) is 0 Å². The highest BCUT2D eigenvalue weighted by molar-refractivity contribution is 7.98. The Hall–Kier alpha value is -1.73. The predicted octanol–water partition coefficient (Wildman–Crippen LogP) is 3.80. The molecule has 0 radical (unpaired) electrons. The minimum Gasteiger partial charge on any atom is -0.241 e. The summed E-state index contributed by atoms with van der Waals surface area (Å²) in [7, 11) is 0. The van der Waals surface area contributed by atoms with Crippen LogP contribution in [-0.2, 0) is 5.75 Å². The molecule has 0 spiro atoms.